The predicted molar refractivity (Wildman–Crippen MR) is 57.8 cm³/mol. The normalized spacial score (nSPS) is 9.69. The summed E-state index contributed by atoms with van der Waals surface area (Å²) >= 11 is 9.43. The number of hydrogen-bond donors (Lipinski definition) is 0. The van der Waals surface area contributed by atoms with E-state index >= 15 is 0 Å². The first-order chi connectivity index (χ1) is 6.19. The van der Waals surface area contributed by atoms with Gasteiger partial charge in [-0.2, -0.15) is 5.26 Å². The van der Waals surface area contributed by atoms with Gasteiger partial charge in [0.05, 0.1) is 12.5 Å². The molecule has 0 aromatic heterocycles. The van der Waals surface area contributed by atoms with Crippen molar-refractivity contribution in [3.05, 3.63) is 32.8 Å². The molecule has 0 saturated carbocycles. The summed E-state index contributed by atoms with van der Waals surface area (Å²) < 4.78 is 1.03. The van der Waals surface area contributed by atoms with Gasteiger partial charge in [-0.25, -0.2) is 0 Å². The van der Waals surface area contributed by atoms with Crippen LogP contribution < -0.4 is 0 Å². The minimum atomic E-state index is 0.363. The van der Waals surface area contributed by atoms with Gasteiger partial charge in [-0.15, -0.1) is 0 Å². The first-order valence-electron chi connectivity index (χ1n) is 4.02. The molecule has 3 heteroatoms. The van der Waals surface area contributed by atoms with E-state index in [1.54, 1.807) is 0 Å². The van der Waals surface area contributed by atoms with Crippen LogP contribution in [0.25, 0.3) is 0 Å². The highest BCUT2D eigenvalue weighted by Crippen LogP contribution is 2.26. The maximum absolute atomic E-state index is 8.54. The van der Waals surface area contributed by atoms with Crippen LogP contribution in [0, 0.1) is 11.3 Å². The van der Waals surface area contributed by atoms with Gasteiger partial charge in [0.2, 0.25) is 0 Å². The van der Waals surface area contributed by atoms with E-state index in [4.69, 9.17) is 16.9 Å². The number of halogens is 2. The topological polar surface area (TPSA) is 23.8 Å². The molecule has 0 spiro atoms. The van der Waals surface area contributed by atoms with Gasteiger partial charge in [-0.3, -0.25) is 0 Å². The molecule has 0 heterocycles. The molecule has 1 aromatic rings. The summed E-state index contributed by atoms with van der Waals surface area (Å²) in [6.07, 6.45) is 1.30. The predicted octanol–water partition coefficient (Wildman–Crippen LogP) is 3.73. The SMILES string of the molecule is CCc1cc(Cl)c(CC#N)cc1Br. The van der Waals surface area contributed by atoms with Crippen LogP contribution in [0.2, 0.25) is 5.02 Å². The number of nitrogens with zero attached hydrogens (tertiary/aromatic N) is 1. The second-order valence-corrected chi connectivity index (χ2v) is 3.99. The van der Waals surface area contributed by atoms with E-state index in [0.29, 0.717) is 11.4 Å². The first kappa shape index (κ1) is 10.6. The zero-order valence-corrected chi connectivity index (χ0v) is 9.61. The molecular formula is C10H9BrClN. The fourth-order valence-electron chi connectivity index (χ4n) is 1.12. The Labute approximate surface area is 91.5 Å². The van der Waals surface area contributed by atoms with Crippen molar-refractivity contribution in [3.8, 4) is 6.07 Å². The number of aryl methyl sites for hydroxylation is 1. The number of benzene rings is 1. The molecule has 0 aliphatic heterocycles. The fourth-order valence-corrected chi connectivity index (χ4v) is 2.05. The quantitative estimate of drug-likeness (QED) is 0.793. The summed E-state index contributed by atoms with van der Waals surface area (Å²) in [6.45, 7) is 2.07. The molecule has 1 aromatic carbocycles. The highest BCUT2D eigenvalue weighted by Gasteiger charge is 2.04. The molecule has 1 rings (SSSR count). The molecule has 0 aliphatic rings. The van der Waals surface area contributed by atoms with E-state index in [0.717, 1.165) is 16.5 Å². The van der Waals surface area contributed by atoms with Crippen LogP contribution in [-0.4, -0.2) is 0 Å². The zero-order chi connectivity index (χ0) is 9.84. The maximum atomic E-state index is 8.54. The van der Waals surface area contributed by atoms with Crippen molar-refractivity contribution in [2.45, 2.75) is 19.8 Å². The lowest BCUT2D eigenvalue weighted by molar-refractivity contribution is 1.11. The minimum absolute atomic E-state index is 0.363. The molecule has 68 valence electrons. The summed E-state index contributed by atoms with van der Waals surface area (Å²) in [5, 5.41) is 9.22. The van der Waals surface area contributed by atoms with Crippen molar-refractivity contribution in [1.29, 1.82) is 5.26 Å². The molecule has 0 bridgehead atoms. The zero-order valence-electron chi connectivity index (χ0n) is 7.27. The van der Waals surface area contributed by atoms with Crippen LogP contribution in [0.15, 0.2) is 16.6 Å². The van der Waals surface area contributed by atoms with E-state index in [1.165, 1.54) is 5.56 Å². The Hall–Kier alpha value is -0.520. The smallest absolute Gasteiger partial charge is 0.0670 e. The molecule has 0 unspecified atom stereocenters. The van der Waals surface area contributed by atoms with Crippen LogP contribution in [0.5, 0.6) is 0 Å². The lowest BCUT2D eigenvalue weighted by atomic mass is 10.1. The summed E-state index contributed by atoms with van der Waals surface area (Å²) in [7, 11) is 0. The largest absolute Gasteiger partial charge is 0.198 e. The van der Waals surface area contributed by atoms with Crippen molar-refractivity contribution < 1.29 is 0 Å². The van der Waals surface area contributed by atoms with Crippen LogP contribution in [-0.2, 0) is 12.8 Å². The monoisotopic (exact) mass is 257 g/mol. The van der Waals surface area contributed by atoms with Gasteiger partial charge >= 0.3 is 0 Å². The third-order valence-corrected chi connectivity index (χ3v) is 2.96. The van der Waals surface area contributed by atoms with Gasteiger partial charge in [0.25, 0.3) is 0 Å². The van der Waals surface area contributed by atoms with E-state index < -0.39 is 0 Å². The highest BCUT2D eigenvalue weighted by molar-refractivity contribution is 9.10. The molecule has 0 aliphatic carbocycles. The third kappa shape index (κ3) is 2.46. The Morgan fingerprint density at radius 3 is 2.69 bits per heavy atom. The second-order valence-electron chi connectivity index (χ2n) is 2.72. The Kier molecular flexibility index (Phi) is 3.77. The van der Waals surface area contributed by atoms with Crippen molar-refractivity contribution in [2.75, 3.05) is 0 Å². The molecule has 1 nitrogen and oxygen atoms in total. The average molecular weight is 259 g/mol. The van der Waals surface area contributed by atoms with Gasteiger partial charge in [-0.05, 0) is 29.7 Å². The second kappa shape index (κ2) is 4.64. The standard InChI is InChI=1S/C10H9BrClN/c1-2-7-6-10(12)8(3-4-13)5-9(7)11/h5-6H,2-3H2,1H3. The molecule has 0 radical (unpaired) electrons. The maximum Gasteiger partial charge on any atom is 0.0670 e. The Bertz CT molecular complexity index is 355. The van der Waals surface area contributed by atoms with Gasteiger partial charge in [0, 0.05) is 9.50 Å². The minimum Gasteiger partial charge on any atom is -0.198 e. The first-order valence-corrected chi connectivity index (χ1v) is 5.20. The van der Waals surface area contributed by atoms with Gasteiger partial charge in [-0.1, -0.05) is 34.5 Å². The summed E-state index contributed by atoms with van der Waals surface area (Å²) in [5.74, 6) is 0. The van der Waals surface area contributed by atoms with Crippen LogP contribution in [0.4, 0.5) is 0 Å². The van der Waals surface area contributed by atoms with E-state index in [2.05, 4.69) is 28.9 Å². The van der Waals surface area contributed by atoms with Gasteiger partial charge in [0.1, 0.15) is 0 Å². The third-order valence-electron chi connectivity index (χ3n) is 1.87. The molecule has 0 atom stereocenters. The number of hydrogen-bond acceptors (Lipinski definition) is 1. The van der Waals surface area contributed by atoms with Crippen molar-refractivity contribution in [1.82, 2.24) is 0 Å². The molecule has 0 fully saturated rings. The molecule has 0 saturated heterocycles. The molecule has 13 heavy (non-hydrogen) atoms. The number of nitriles is 1. The lowest BCUT2D eigenvalue weighted by Gasteiger charge is -2.05. The van der Waals surface area contributed by atoms with Crippen LogP contribution >= 0.6 is 27.5 Å². The van der Waals surface area contributed by atoms with Crippen molar-refractivity contribution in [3.63, 3.8) is 0 Å². The Morgan fingerprint density at radius 2 is 2.15 bits per heavy atom. The van der Waals surface area contributed by atoms with Gasteiger partial charge in [0.15, 0.2) is 0 Å². The van der Waals surface area contributed by atoms with Gasteiger partial charge < -0.3 is 0 Å². The average Bonchev–Trinajstić information content (AvgIpc) is 2.11. The van der Waals surface area contributed by atoms with E-state index in [9.17, 15) is 0 Å². The number of rotatable bonds is 2. The van der Waals surface area contributed by atoms with Crippen LogP contribution in [0.1, 0.15) is 18.1 Å². The summed E-state index contributed by atoms with van der Waals surface area (Å²) in [4.78, 5) is 0. The molecule has 0 N–H and O–H groups in total. The fraction of sp³-hybridized carbons (Fsp3) is 0.300. The van der Waals surface area contributed by atoms with Crippen LogP contribution in [0.3, 0.4) is 0 Å². The van der Waals surface area contributed by atoms with Crippen molar-refractivity contribution in [2.24, 2.45) is 0 Å². The molecular weight excluding hydrogens is 249 g/mol. The highest BCUT2D eigenvalue weighted by atomic mass is 79.9. The Morgan fingerprint density at radius 1 is 1.46 bits per heavy atom. The van der Waals surface area contributed by atoms with E-state index in [1.807, 2.05) is 12.1 Å². The summed E-state index contributed by atoms with van der Waals surface area (Å²) in [5.41, 5.74) is 2.06. The lowest BCUT2D eigenvalue weighted by Crippen LogP contribution is -1.89. The summed E-state index contributed by atoms with van der Waals surface area (Å²) in [6, 6.07) is 5.92. The molecule has 0 amide bonds. The Balaban J connectivity index is 3.14. The van der Waals surface area contributed by atoms with E-state index in [-0.39, 0.29) is 0 Å². The van der Waals surface area contributed by atoms with Crippen molar-refractivity contribution >= 4 is 27.5 Å².